The summed E-state index contributed by atoms with van der Waals surface area (Å²) in [5, 5.41) is 3.58. The van der Waals surface area contributed by atoms with Gasteiger partial charge in [0, 0.05) is 19.0 Å². The molecule has 0 aromatic heterocycles. The Labute approximate surface area is 120 Å². The molecule has 1 aliphatic rings. The van der Waals surface area contributed by atoms with Gasteiger partial charge in [-0.05, 0) is 31.0 Å². The highest BCUT2D eigenvalue weighted by Crippen LogP contribution is 2.28. The summed E-state index contributed by atoms with van der Waals surface area (Å²) in [4.78, 5) is 0. The van der Waals surface area contributed by atoms with Crippen LogP contribution in [0.2, 0.25) is 0 Å². The lowest BCUT2D eigenvalue weighted by Crippen LogP contribution is -2.31. The Kier molecular flexibility index (Phi) is 3.75. The fourth-order valence-corrected chi connectivity index (χ4v) is 2.73. The molecule has 1 aliphatic heterocycles. The van der Waals surface area contributed by atoms with E-state index in [4.69, 9.17) is 4.74 Å². The molecule has 0 amide bonds. The van der Waals surface area contributed by atoms with Crippen molar-refractivity contribution in [3.8, 4) is 5.75 Å². The third-order valence-corrected chi connectivity index (χ3v) is 3.91. The molecule has 0 saturated carbocycles. The molecule has 2 aromatic rings. The van der Waals surface area contributed by atoms with Crippen molar-refractivity contribution >= 4 is 0 Å². The number of hydrogen-bond donors (Lipinski definition) is 1. The zero-order chi connectivity index (χ0) is 13.9. The summed E-state index contributed by atoms with van der Waals surface area (Å²) in [7, 11) is 0. The Morgan fingerprint density at radius 2 is 2.05 bits per heavy atom. The number of benzene rings is 2. The van der Waals surface area contributed by atoms with Gasteiger partial charge in [-0.2, -0.15) is 0 Å². The number of aryl methyl sites for hydroxylation is 1. The normalized spacial score (nSPS) is 18.4. The number of nitrogens with one attached hydrogen (secondary N) is 1. The molecule has 2 heteroatoms. The summed E-state index contributed by atoms with van der Waals surface area (Å²) in [6.45, 7) is 5.22. The number of hydrogen-bond acceptors (Lipinski definition) is 2. The van der Waals surface area contributed by atoms with Gasteiger partial charge in [0.25, 0.3) is 0 Å². The Bertz CT molecular complexity index is 568. The predicted molar refractivity (Wildman–Crippen MR) is 82.2 cm³/mol. The van der Waals surface area contributed by atoms with Crippen molar-refractivity contribution in [3.63, 3.8) is 0 Å². The standard InChI is InChI=1S/C18H21NO/c1-13-6-5-8-15(10-13)14(2)19-12-17-11-16-7-3-4-9-18(16)20-17/h3-10,14,17,19H,11-12H2,1-2H3/t14-,17?/m1/s1. The fraction of sp³-hybridized carbons (Fsp3) is 0.333. The van der Waals surface area contributed by atoms with Crippen molar-refractivity contribution in [1.82, 2.24) is 5.32 Å². The van der Waals surface area contributed by atoms with Gasteiger partial charge >= 0.3 is 0 Å². The first kappa shape index (κ1) is 13.2. The molecule has 0 aliphatic carbocycles. The van der Waals surface area contributed by atoms with Gasteiger partial charge in [-0.15, -0.1) is 0 Å². The van der Waals surface area contributed by atoms with Crippen LogP contribution < -0.4 is 10.1 Å². The van der Waals surface area contributed by atoms with E-state index < -0.39 is 0 Å². The summed E-state index contributed by atoms with van der Waals surface area (Å²) in [5.41, 5.74) is 3.96. The first-order chi connectivity index (χ1) is 9.72. The van der Waals surface area contributed by atoms with Crippen molar-refractivity contribution in [2.75, 3.05) is 6.54 Å². The van der Waals surface area contributed by atoms with Crippen LogP contribution in [-0.2, 0) is 6.42 Å². The van der Waals surface area contributed by atoms with Gasteiger partial charge in [-0.1, -0.05) is 48.0 Å². The lowest BCUT2D eigenvalue weighted by atomic mass is 10.1. The molecule has 1 heterocycles. The smallest absolute Gasteiger partial charge is 0.123 e. The highest BCUT2D eigenvalue weighted by atomic mass is 16.5. The molecule has 1 N–H and O–H groups in total. The Hall–Kier alpha value is -1.80. The molecular formula is C18H21NO. The summed E-state index contributed by atoms with van der Waals surface area (Å²) in [6, 6.07) is 17.3. The maximum Gasteiger partial charge on any atom is 0.123 e. The molecule has 2 aromatic carbocycles. The molecular weight excluding hydrogens is 246 g/mol. The Morgan fingerprint density at radius 3 is 2.85 bits per heavy atom. The number of rotatable bonds is 4. The Morgan fingerprint density at radius 1 is 1.20 bits per heavy atom. The SMILES string of the molecule is Cc1cccc([C@@H](C)NCC2Cc3ccccc3O2)c1. The minimum Gasteiger partial charge on any atom is -0.488 e. The number of fused-ring (bicyclic) bond motifs is 1. The van der Waals surface area contributed by atoms with Crippen LogP contribution in [0, 0.1) is 6.92 Å². The molecule has 0 bridgehead atoms. The van der Waals surface area contributed by atoms with E-state index in [1.165, 1.54) is 16.7 Å². The van der Waals surface area contributed by atoms with Gasteiger partial charge in [-0.25, -0.2) is 0 Å². The summed E-state index contributed by atoms with van der Waals surface area (Å²) in [6.07, 6.45) is 1.25. The molecule has 20 heavy (non-hydrogen) atoms. The molecule has 0 saturated heterocycles. The van der Waals surface area contributed by atoms with Crippen LogP contribution in [-0.4, -0.2) is 12.6 Å². The number of ether oxygens (including phenoxy) is 1. The second kappa shape index (κ2) is 5.68. The second-order valence-corrected chi connectivity index (χ2v) is 5.60. The predicted octanol–water partition coefficient (Wildman–Crippen LogP) is 3.65. The molecule has 0 fully saturated rings. The van der Waals surface area contributed by atoms with Crippen LogP contribution in [0.25, 0.3) is 0 Å². The molecule has 2 atom stereocenters. The highest BCUT2D eigenvalue weighted by molar-refractivity contribution is 5.37. The molecule has 1 unspecified atom stereocenters. The van der Waals surface area contributed by atoms with Gasteiger partial charge in [0.15, 0.2) is 0 Å². The number of para-hydroxylation sites is 1. The van der Waals surface area contributed by atoms with Crippen LogP contribution in [0.3, 0.4) is 0 Å². The maximum atomic E-state index is 5.95. The zero-order valence-corrected chi connectivity index (χ0v) is 12.1. The monoisotopic (exact) mass is 267 g/mol. The van der Waals surface area contributed by atoms with Crippen LogP contribution >= 0.6 is 0 Å². The minimum atomic E-state index is 0.250. The quantitative estimate of drug-likeness (QED) is 0.913. The summed E-state index contributed by atoms with van der Waals surface area (Å²) >= 11 is 0. The average Bonchev–Trinajstić information content (AvgIpc) is 2.87. The summed E-state index contributed by atoms with van der Waals surface area (Å²) < 4.78 is 5.95. The van der Waals surface area contributed by atoms with Gasteiger partial charge in [-0.3, -0.25) is 0 Å². The maximum absolute atomic E-state index is 5.95. The van der Waals surface area contributed by atoms with Gasteiger partial charge in [0.05, 0.1) is 0 Å². The van der Waals surface area contributed by atoms with E-state index >= 15 is 0 Å². The lowest BCUT2D eigenvalue weighted by molar-refractivity contribution is 0.222. The first-order valence-electron chi connectivity index (χ1n) is 7.27. The largest absolute Gasteiger partial charge is 0.488 e. The van der Waals surface area contributed by atoms with E-state index in [1.54, 1.807) is 0 Å². The Balaban J connectivity index is 1.56. The van der Waals surface area contributed by atoms with Crippen LogP contribution in [0.1, 0.15) is 29.7 Å². The molecule has 3 rings (SSSR count). The van der Waals surface area contributed by atoms with E-state index in [0.717, 1.165) is 18.7 Å². The molecule has 2 nitrogen and oxygen atoms in total. The third kappa shape index (κ3) is 2.86. The van der Waals surface area contributed by atoms with Gasteiger partial charge in [0.2, 0.25) is 0 Å². The third-order valence-electron chi connectivity index (χ3n) is 3.91. The van der Waals surface area contributed by atoms with Crippen molar-refractivity contribution in [2.45, 2.75) is 32.4 Å². The average molecular weight is 267 g/mol. The highest BCUT2D eigenvalue weighted by Gasteiger charge is 2.22. The van der Waals surface area contributed by atoms with E-state index in [-0.39, 0.29) is 6.10 Å². The first-order valence-corrected chi connectivity index (χ1v) is 7.27. The lowest BCUT2D eigenvalue weighted by Gasteiger charge is -2.18. The van der Waals surface area contributed by atoms with Gasteiger partial charge < -0.3 is 10.1 Å². The van der Waals surface area contributed by atoms with Crippen LogP contribution in [0.5, 0.6) is 5.75 Å². The van der Waals surface area contributed by atoms with Crippen molar-refractivity contribution in [2.24, 2.45) is 0 Å². The van der Waals surface area contributed by atoms with E-state index in [0.29, 0.717) is 6.04 Å². The van der Waals surface area contributed by atoms with E-state index in [9.17, 15) is 0 Å². The van der Waals surface area contributed by atoms with Crippen LogP contribution in [0.15, 0.2) is 48.5 Å². The zero-order valence-electron chi connectivity index (χ0n) is 12.1. The van der Waals surface area contributed by atoms with Crippen LogP contribution in [0.4, 0.5) is 0 Å². The van der Waals surface area contributed by atoms with E-state index in [1.807, 2.05) is 6.07 Å². The van der Waals surface area contributed by atoms with Crippen molar-refractivity contribution in [3.05, 3.63) is 65.2 Å². The molecule has 0 spiro atoms. The minimum absolute atomic E-state index is 0.250. The van der Waals surface area contributed by atoms with Gasteiger partial charge in [0.1, 0.15) is 11.9 Å². The topological polar surface area (TPSA) is 21.3 Å². The van der Waals surface area contributed by atoms with Crippen molar-refractivity contribution < 1.29 is 4.74 Å². The molecule has 0 radical (unpaired) electrons. The molecule has 104 valence electrons. The fourth-order valence-electron chi connectivity index (χ4n) is 2.73. The second-order valence-electron chi connectivity index (χ2n) is 5.60. The van der Waals surface area contributed by atoms with Crippen molar-refractivity contribution in [1.29, 1.82) is 0 Å². The summed E-state index contributed by atoms with van der Waals surface area (Å²) in [5.74, 6) is 1.04. The van der Waals surface area contributed by atoms with E-state index in [2.05, 4.69) is 61.6 Å².